The Hall–Kier alpha value is -0.390. The Morgan fingerprint density at radius 2 is 2.28 bits per heavy atom. The molecule has 2 heterocycles. The first-order chi connectivity index (χ1) is 8.49. The molecule has 1 saturated heterocycles. The van der Waals surface area contributed by atoms with Crippen LogP contribution in [0.25, 0.3) is 0 Å². The van der Waals surface area contributed by atoms with Crippen molar-refractivity contribution in [2.45, 2.75) is 36.9 Å². The number of sulfone groups is 1. The van der Waals surface area contributed by atoms with Crippen molar-refractivity contribution in [2.24, 2.45) is 5.92 Å². The van der Waals surface area contributed by atoms with Crippen LogP contribution in [0, 0.1) is 5.92 Å². The van der Waals surface area contributed by atoms with Gasteiger partial charge in [-0.3, -0.25) is 0 Å². The quantitative estimate of drug-likeness (QED) is 0.854. The van der Waals surface area contributed by atoms with Gasteiger partial charge in [-0.25, -0.2) is 8.42 Å². The van der Waals surface area contributed by atoms with E-state index in [0.29, 0.717) is 16.0 Å². The average molecular weight is 287 g/mol. The van der Waals surface area contributed by atoms with Crippen LogP contribution >= 0.6 is 11.3 Å². The van der Waals surface area contributed by atoms with Crippen LogP contribution in [0.4, 0.5) is 0 Å². The van der Waals surface area contributed by atoms with E-state index < -0.39 is 9.84 Å². The van der Waals surface area contributed by atoms with Crippen LogP contribution in [0.5, 0.6) is 0 Å². The minimum absolute atomic E-state index is 0.285. The van der Waals surface area contributed by atoms with Gasteiger partial charge in [0.05, 0.1) is 5.75 Å². The first kappa shape index (κ1) is 14.0. The number of likely N-dealkylation sites (tertiary alicyclic amines) is 1. The van der Waals surface area contributed by atoms with E-state index in [1.807, 2.05) is 5.38 Å². The summed E-state index contributed by atoms with van der Waals surface area (Å²) in [5, 5.41) is 1.83. The van der Waals surface area contributed by atoms with E-state index in [2.05, 4.69) is 18.7 Å². The van der Waals surface area contributed by atoms with Crippen LogP contribution in [-0.4, -0.2) is 38.2 Å². The highest BCUT2D eigenvalue weighted by Gasteiger charge is 2.27. The van der Waals surface area contributed by atoms with E-state index in [1.165, 1.54) is 11.3 Å². The number of piperidine rings is 1. The van der Waals surface area contributed by atoms with Gasteiger partial charge in [-0.1, -0.05) is 6.07 Å². The van der Waals surface area contributed by atoms with E-state index >= 15 is 0 Å². The SMILES string of the molecule is CC(C)N1CCC[C@@H](CS(=O)(=O)c2cccs2)C1. The summed E-state index contributed by atoms with van der Waals surface area (Å²) in [5.41, 5.74) is 0. The third kappa shape index (κ3) is 3.33. The molecule has 1 atom stereocenters. The fraction of sp³-hybridized carbons (Fsp3) is 0.692. The summed E-state index contributed by atoms with van der Waals surface area (Å²) < 4.78 is 25.0. The van der Waals surface area contributed by atoms with Crippen molar-refractivity contribution in [3.05, 3.63) is 17.5 Å². The van der Waals surface area contributed by atoms with Crippen LogP contribution in [0.3, 0.4) is 0 Å². The second-order valence-electron chi connectivity index (χ2n) is 5.31. The summed E-state index contributed by atoms with van der Waals surface area (Å²) in [6.07, 6.45) is 2.15. The maximum atomic E-state index is 12.2. The second-order valence-corrected chi connectivity index (χ2v) is 8.52. The molecule has 0 N–H and O–H groups in total. The van der Waals surface area contributed by atoms with E-state index in [4.69, 9.17) is 0 Å². The Kier molecular flexibility index (Phi) is 4.45. The van der Waals surface area contributed by atoms with Crippen LogP contribution in [0.1, 0.15) is 26.7 Å². The van der Waals surface area contributed by atoms with Gasteiger partial charge in [0.2, 0.25) is 0 Å². The molecule has 2 rings (SSSR count). The zero-order valence-corrected chi connectivity index (χ0v) is 12.6. The number of nitrogens with zero attached hydrogens (tertiary/aromatic N) is 1. The van der Waals surface area contributed by atoms with Crippen molar-refractivity contribution in [3.63, 3.8) is 0 Å². The summed E-state index contributed by atoms with van der Waals surface area (Å²) in [6, 6.07) is 4.03. The highest BCUT2D eigenvalue weighted by Crippen LogP contribution is 2.25. The van der Waals surface area contributed by atoms with Crippen molar-refractivity contribution in [1.29, 1.82) is 0 Å². The van der Waals surface area contributed by atoms with Gasteiger partial charge in [-0.2, -0.15) is 0 Å². The standard InChI is InChI=1S/C13H21NO2S2/c1-11(2)14-7-3-5-12(9-14)10-18(15,16)13-6-4-8-17-13/h4,6,8,11-12H,3,5,7,9-10H2,1-2H3/t12-/m1/s1. The average Bonchev–Trinajstić information content (AvgIpc) is 2.82. The minimum Gasteiger partial charge on any atom is -0.301 e. The molecule has 0 amide bonds. The summed E-state index contributed by atoms with van der Waals surface area (Å²) in [7, 11) is -3.07. The highest BCUT2D eigenvalue weighted by molar-refractivity contribution is 7.93. The summed E-state index contributed by atoms with van der Waals surface area (Å²) >= 11 is 1.32. The van der Waals surface area contributed by atoms with Crippen molar-refractivity contribution >= 4 is 21.2 Å². The summed E-state index contributed by atoms with van der Waals surface area (Å²) in [4.78, 5) is 2.39. The van der Waals surface area contributed by atoms with Gasteiger partial charge in [0.1, 0.15) is 4.21 Å². The fourth-order valence-corrected chi connectivity index (χ4v) is 5.28. The van der Waals surface area contributed by atoms with Crippen molar-refractivity contribution in [1.82, 2.24) is 4.90 Å². The molecule has 102 valence electrons. The molecule has 3 nitrogen and oxygen atoms in total. The number of hydrogen-bond acceptors (Lipinski definition) is 4. The number of rotatable bonds is 4. The van der Waals surface area contributed by atoms with Gasteiger partial charge in [-0.05, 0) is 50.6 Å². The zero-order valence-electron chi connectivity index (χ0n) is 11.0. The Morgan fingerprint density at radius 3 is 2.89 bits per heavy atom. The molecule has 1 fully saturated rings. The number of thiophene rings is 1. The molecule has 1 aliphatic heterocycles. The molecule has 0 unspecified atom stereocenters. The van der Waals surface area contributed by atoms with E-state index in [-0.39, 0.29) is 5.92 Å². The smallest absolute Gasteiger partial charge is 0.188 e. The first-order valence-corrected chi connectivity index (χ1v) is 9.02. The minimum atomic E-state index is -3.07. The predicted octanol–water partition coefficient (Wildman–Crippen LogP) is 2.64. The highest BCUT2D eigenvalue weighted by atomic mass is 32.2. The first-order valence-electron chi connectivity index (χ1n) is 6.49. The fourth-order valence-electron chi connectivity index (χ4n) is 2.54. The summed E-state index contributed by atoms with van der Waals surface area (Å²) in [6.45, 7) is 6.38. The lowest BCUT2D eigenvalue weighted by Crippen LogP contribution is -2.41. The maximum Gasteiger partial charge on any atom is 0.188 e. The molecule has 18 heavy (non-hydrogen) atoms. The number of hydrogen-bond donors (Lipinski definition) is 0. The van der Waals surface area contributed by atoms with Gasteiger partial charge < -0.3 is 4.90 Å². The maximum absolute atomic E-state index is 12.2. The molecule has 5 heteroatoms. The van der Waals surface area contributed by atoms with Crippen molar-refractivity contribution in [3.8, 4) is 0 Å². The van der Waals surface area contributed by atoms with E-state index in [9.17, 15) is 8.42 Å². The Labute approximate surface area is 114 Å². The van der Waals surface area contributed by atoms with Crippen LogP contribution < -0.4 is 0 Å². The molecule has 1 aromatic rings. The predicted molar refractivity (Wildman–Crippen MR) is 75.8 cm³/mol. The molecule has 1 aromatic heterocycles. The zero-order chi connectivity index (χ0) is 13.2. The van der Waals surface area contributed by atoms with Crippen molar-refractivity contribution in [2.75, 3.05) is 18.8 Å². The molecule has 0 bridgehead atoms. The van der Waals surface area contributed by atoms with Crippen LogP contribution in [-0.2, 0) is 9.84 Å². The van der Waals surface area contributed by atoms with Crippen LogP contribution in [0.2, 0.25) is 0 Å². The summed E-state index contributed by atoms with van der Waals surface area (Å²) in [5.74, 6) is 0.588. The third-order valence-corrected chi connectivity index (χ3v) is 6.91. The monoisotopic (exact) mass is 287 g/mol. The Morgan fingerprint density at radius 1 is 1.50 bits per heavy atom. The lowest BCUT2D eigenvalue weighted by molar-refractivity contribution is 0.148. The van der Waals surface area contributed by atoms with Gasteiger partial charge in [0.25, 0.3) is 0 Å². The van der Waals surface area contributed by atoms with E-state index in [0.717, 1.165) is 25.9 Å². The lowest BCUT2D eigenvalue weighted by Gasteiger charge is -2.35. The van der Waals surface area contributed by atoms with E-state index in [1.54, 1.807) is 12.1 Å². The normalized spacial score (nSPS) is 22.5. The van der Waals surface area contributed by atoms with Gasteiger partial charge in [0, 0.05) is 12.6 Å². The molecule has 0 radical (unpaired) electrons. The van der Waals surface area contributed by atoms with Gasteiger partial charge in [-0.15, -0.1) is 11.3 Å². The molecule has 1 aliphatic rings. The largest absolute Gasteiger partial charge is 0.301 e. The third-order valence-electron chi connectivity index (χ3n) is 3.54. The molecule has 0 aliphatic carbocycles. The molecule has 0 spiro atoms. The molecule has 0 saturated carbocycles. The second kappa shape index (κ2) is 5.72. The lowest BCUT2D eigenvalue weighted by atomic mass is 9.99. The van der Waals surface area contributed by atoms with Gasteiger partial charge in [0.15, 0.2) is 9.84 Å². The Balaban J connectivity index is 2.01. The van der Waals surface area contributed by atoms with Gasteiger partial charge >= 0.3 is 0 Å². The molecular formula is C13H21NO2S2. The van der Waals surface area contributed by atoms with Crippen molar-refractivity contribution < 1.29 is 8.42 Å². The molecular weight excluding hydrogens is 266 g/mol. The Bertz CT molecular complexity index is 465. The topological polar surface area (TPSA) is 37.4 Å². The van der Waals surface area contributed by atoms with Crippen LogP contribution in [0.15, 0.2) is 21.7 Å². The molecule has 0 aromatic carbocycles.